The van der Waals surface area contributed by atoms with Gasteiger partial charge in [-0.15, -0.1) is 0 Å². The second-order valence-corrected chi connectivity index (χ2v) is 2.35. The third-order valence-corrected chi connectivity index (χ3v) is 1.57. The van der Waals surface area contributed by atoms with E-state index in [-0.39, 0.29) is 6.01 Å². The minimum atomic E-state index is -0.327. The van der Waals surface area contributed by atoms with Gasteiger partial charge in [0, 0.05) is 0 Å². The van der Waals surface area contributed by atoms with Crippen molar-refractivity contribution in [3.63, 3.8) is 0 Å². The monoisotopic (exact) mass is 167 g/mol. The highest BCUT2D eigenvalue weighted by Gasteiger charge is 2.04. The van der Waals surface area contributed by atoms with Gasteiger partial charge in [0.15, 0.2) is 5.65 Å². The fourth-order valence-corrected chi connectivity index (χ4v) is 1.03. The maximum Gasteiger partial charge on any atom is 0.317 e. The molecule has 0 spiro atoms. The Bertz CT molecular complexity index is 398. The Hall–Kier alpha value is -1.43. The molecular formula is C5H3N4OS. The van der Waals surface area contributed by atoms with Crippen molar-refractivity contribution in [2.45, 2.75) is 5.03 Å². The van der Waals surface area contributed by atoms with E-state index in [0.29, 0.717) is 16.1 Å². The summed E-state index contributed by atoms with van der Waals surface area (Å²) in [5.74, 6) is 0. The molecule has 2 N–H and O–H groups in total. The van der Waals surface area contributed by atoms with E-state index in [0.717, 1.165) is 0 Å². The second kappa shape index (κ2) is 2.03. The van der Waals surface area contributed by atoms with Crippen molar-refractivity contribution in [3.8, 4) is 6.01 Å². The van der Waals surface area contributed by atoms with Gasteiger partial charge in [-0.1, -0.05) is 12.6 Å². The fraction of sp³-hybridized carbons (Fsp3) is 0. The molecule has 0 saturated heterocycles. The summed E-state index contributed by atoms with van der Waals surface area (Å²) in [5.41, 5.74) is 0.461. The molecule has 6 heteroatoms. The summed E-state index contributed by atoms with van der Waals surface area (Å²) in [6.45, 7) is 0. The van der Waals surface area contributed by atoms with Gasteiger partial charge in [0.25, 0.3) is 0 Å². The third-order valence-electron chi connectivity index (χ3n) is 1.26. The van der Waals surface area contributed by atoms with Gasteiger partial charge in [-0.25, -0.2) is 0 Å². The summed E-state index contributed by atoms with van der Waals surface area (Å²) in [7, 11) is 0. The van der Waals surface area contributed by atoms with E-state index in [9.17, 15) is 0 Å². The van der Waals surface area contributed by atoms with Gasteiger partial charge >= 0.3 is 6.01 Å². The van der Waals surface area contributed by atoms with Crippen molar-refractivity contribution in [3.05, 3.63) is 6.20 Å². The minimum absolute atomic E-state index is 0.307. The predicted octanol–water partition coefficient (Wildman–Crippen LogP) is 0.615. The summed E-state index contributed by atoms with van der Waals surface area (Å²) >= 11 is 4.82. The van der Waals surface area contributed by atoms with Crippen molar-refractivity contribution in [1.82, 2.24) is 20.2 Å². The first-order valence-electron chi connectivity index (χ1n) is 2.84. The molecule has 0 aliphatic rings. The summed E-state index contributed by atoms with van der Waals surface area (Å²) in [5, 5.41) is 16.1. The highest BCUT2D eigenvalue weighted by Crippen LogP contribution is 2.17. The predicted molar refractivity (Wildman–Crippen MR) is 39.2 cm³/mol. The normalized spacial score (nSPS) is 10.5. The average Bonchev–Trinajstić information content (AvgIpc) is 2.34. The summed E-state index contributed by atoms with van der Waals surface area (Å²) in [4.78, 5) is 7.23. The molecule has 11 heavy (non-hydrogen) atoms. The average molecular weight is 167 g/mol. The number of nitrogens with zero attached hydrogens (tertiary/aromatic N) is 3. The Morgan fingerprint density at radius 2 is 2.27 bits per heavy atom. The van der Waals surface area contributed by atoms with Crippen LogP contribution in [0.2, 0.25) is 0 Å². The summed E-state index contributed by atoms with van der Waals surface area (Å²) in [6, 6.07) is -0.327. The molecule has 0 saturated carbocycles. The third kappa shape index (κ3) is 0.874. The van der Waals surface area contributed by atoms with Crippen LogP contribution in [-0.4, -0.2) is 25.3 Å². The number of aromatic nitrogens is 4. The largest absolute Gasteiger partial charge is 0.479 e. The molecule has 0 aromatic carbocycles. The zero-order valence-electron chi connectivity index (χ0n) is 5.27. The summed E-state index contributed by atoms with van der Waals surface area (Å²) < 4.78 is 0. The number of fused-ring (bicyclic) bond motifs is 1. The minimum Gasteiger partial charge on any atom is -0.479 e. The molecule has 0 fully saturated rings. The number of rotatable bonds is 0. The van der Waals surface area contributed by atoms with Gasteiger partial charge in [0.2, 0.25) is 0 Å². The molecule has 0 aliphatic carbocycles. The first-order chi connectivity index (χ1) is 5.27. The second-order valence-electron chi connectivity index (χ2n) is 1.96. The molecule has 0 amide bonds. The molecule has 2 heterocycles. The van der Waals surface area contributed by atoms with E-state index < -0.39 is 0 Å². The highest BCUT2D eigenvalue weighted by molar-refractivity contribution is 7.80. The molecule has 0 atom stereocenters. The molecule has 2 aromatic heterocycles. The summed E-state index contributed by atoms with van der Waals surface area (Å²) in [6.07, 6.45) is 1.52. The Kier molecular flexibility index (Phi) is 1.16. The Labute approximate surface area is 66.9 Å². The van der Waals surface area contributed by atoms with E-state index in [1.165, 1.54) is 6.20 Å². The smallest absolute Gasteiger partial charge is 0.317 e. The fourth-order valence-electron chi connectivity index (χ4n) is 0.797. The Morgan fingerprint density at radius 1 is 1.45 bits per heavy atom. The first-order valence-corrected chi connectivity index (χ1v) is 3.25. The number of nitrogens with one attached hydrogen (secondary N) is 1. The van der Waals surface area contributed by atoms with Gasteiger partial charge in [0.1, 0.15) is 5.03 Å². The topological polar surface area (TPSA) is 74.7 Å². The molecule has 1 radical (unpaired) electrons. The molecule has 2 aromatic rings. The Balaban J connectivity index is 2.91. The van der Waals surface area contributed by atoms with E-state index in [2.05, 4.69) is 20.2 Å². The van der Waals surface area contributed by atoms with Crippen LogP contribution < -0.4 is 0 Å². The van der Waals surface area contributed by atoms with Crippen LogP contribution in [0, 0.1) is 0 Å². The maximum absolute atomic E-state index is 8.89. The van der Waals surface area contributed by atoms with Crippen molar-refractivity contribution in [2.24, 2.45) is 0 Å². The van der Waals surface area contributed by atoms with E-state index in [4.69, 9.17) is 17.7 Å². The van der Waals surface area contributed by atoms with Crippen LogP contribution in [0.1, 0.15) is 0 Å². The van der Waals surface area contributed by atoms with E-state index >= 15 is 0 Å². The van der Waals surface area contributed by atoms with Crippen LogP contribution in [0.15, 0.2) is 11.2 Å². The van der Waals surface area contributed by atoms with Crippen LogP contribution in [-0.2, 0) is 0 Å². The van der Waals surface area contributed by atoms with Gasteiger partial charge in [-0.2, -0.15) is 15.1 Å². The number of hydrogen-bond acceptors (Lipinski definition) is 4. The standard InChI is InChI=1S/C5H3N4OS/c10-5-7-3-2(1-6-9-3)4(11)8-5/h1H,(H2,6,7,8,9,10). The number of hydrogen-bond donors (Lipinski definition) is 2. The highest BCUT2D eigenvalue weighted by atomic mass is 32.1. The van der Waals surface area contributed by atoms with Gasteiger partial charge in [-0.3, -0.25) is 5.10 Å². The molecule has 55 valence electrons. The number of aromatic amines is 1. The zero-order valence-corrected chi connectivity index (χ0v) is 6.09. The van der Waals surface area contributed by atoms with Crippen molar-refractivity contribution in [1.29, 1.82) is 0 Å². The van der Waals surface area contributed by atoms with Crippen LogP contribution in [0.5, 0.6) is 6.01 Å². The lowest BCUT2D eigenvalue weighted by molar-refractivity contribution is 0.428. The Morgan fingerprint density at radius 3 is 3.09 bits per heavy atom. The van der Waals surface area contributed by atoms with Gasteiger partial charge in [-0.05, 0) is 0 Å². The lowest BCUT2D eigenvalue weighted by Crippen LogP contribution is -1.83. The number of H-pyrrole nitrogens is 1. The van der Waals surface area contributed by atoms with Crippen molar-refractivity contribution >= 4 is 23.7 Å². The molecule has 2 rings (SSSR count). The quantitative estimate of drug-likeness (QED) is 0.564. The van der Waals surface area contributed by atoms with Crippen molar-refractivity contribution in [2.75, 3.05) is 0 Å². The lowest BCUT2D eigenvalue weighted by atomic mass is 10.4. The zero-order chi connectivity index (χ0) is 7.84. The van der Waals surface area contributed by atoms with Crippen LogP contribution in [0.4, 0.5) is 0 Å². The molecule has 5 nitrogen and oxygen atoms in total. The van der Waals surface area contributed by atoms with Crippen LogP contribution in [0.3, 0.4) is 0 Å². The van der Waals surface area contributed by atoms with Crippen LogP contribution in [0.25, 0.3) is 11.0 Å². The maximum atomic E-state index is 8.89. The van der Waals surface area contributed by atoms with Gasteiger partial charge < -0.3 is 5.11 Å². The SMILES string of the molecule is Oc1nc([S])c2cn[nH]c2n1. The first kappa shape index (κ1) is 6.29. The van der Waals surface area contributed by atoms with Crippen molar-refractivity contribution < 1.29 is 5.11 Å². The molecular weight excluding hydrogens is 164 g/mol. The molecule has 0 unspecified atom stereocenters. The van der Waals surface area contributed by atoms with Gasteiger partial charge in [0.05, 0.1) is 11.6 Å². The molecule has 0 aliphatic heterocycles. The number of aromatic hydroxyl groups is 1. The van der Waals surface area contributed by atoms with Crippen LogP contribution >= 0.6 is 12.6 Å². The van der Waals surface area contributed by atoms with E-state index in [1.807, 2.05) is 0 Å². The molecule has 0 bridgehead atoms. The lowest BCUT2D eigenvalue weighted by Gasteiger charge is -1.91. The van der Waals surface area contributed by atoms with E-state index in [1.54, 1.807) is 0 Å².